The number of thiazole rings is 1. The molecular weight excluding hydrogens is 368 g/mol. The molecule has 2 heterocycles. The molecule has 9 heteroatoms. The number of carbonyl (C=O) groups excluding carboxylic acids is 3. The molecule has 0 atom stereocenters. The normalized spacial score (nSPS) is 16.7. The van der Waals surface area contributed by atoms with Crippen LogP contribution in [0.25, 0.3) is 0 Å². The SMILES string of the molecule is CCOC(=O)CCC(=O)N1CCc2nc(NC(=O)NC3CCCC3)sc2C1. The van der Waals surface area contributed by atoms with Gasteiger partial charge < -0.3 is 15.0 Å². The summed E-state index contributed by atoms with van der Waals surface area (Å²) >= 11 is 1.41. The summed E-state index contributed by atoms with van der Waals surface area (Å²) in [6.45, 7) is 3.12. The first-order valence-corrected chi connectivity index (χ1v) is 10.4. The largest absolute Gasteiger partial charge is 0.466 e. The second-order valence-electron chi connectivity index (χ2n) is 6.84. The van der Waals surface area contributed by atoms with Gasteiger partial charge in [-0.2, -0.15) is 0 Å². The Hall–Kier alpha value is -2.16. The van der Waals surface area contributed by atoms with Crippen LogP contribution in [-0.4, -0.2) is 47.0 Å². The van der Waals surface area contributed by atoms with Crippen molar-refractivity contribution in [1.29, 1.82) is 0 Å². The third-order valence-electron chi connectivity index (χ3n) is 4.84. The molecule has 0 aromatic carbocycles. The quantitative estimate of drug-likeness (QED) is 0.722. The summed E-state index contributed by atoms with van der Waals surface area (Å²) in [6, 6.07) is 0.0439. The van der Waals surface area contributed by atoms with Crippen molar-refractivity contribution in [3.8, 4) is 0 Å². The van der Waals surface area contributed by atoms with Gasteiger partial charge in [0.1, 0.15) is 0 Å². The fourth-order valence-electron chi connectivity index (χ4n) is 3.45. The van der Waals surface area contributed by atoms with Gasteiger partial charge in [-0.25, -0.2) is 9.78 Å². The molecule has 2 N–H and O–H groups in total. The van der Waals surface area contributed by atoms with Gasteiger partial charge in [-0.15, -0.1) is 0 Å². The molecule has 27 heavy (non-hydrogen) atoms. The van der Waals surface area contributed by atoms with Gasteiger partial charge in [-0.3, -0.25) is 14.9 Å². The molecule has 1 aromatic rings. The molecule has 0 unspecified atom stereocenters. The number of esters is 1. The number of ether oxygens (including phenoxy) is 1. The van der Waals surface area contributed by atoms with E-state index in [4.69, 9.17) is 4.74 Å². The average Bonchev–Trinajstić information content (AvgIpc) is 3.28. The number of anilines is 1. The predicted molar refractivity (Wildman–Crippen MR) is 102 cm³/mol. The molecule has 8 nitrogen and oxygen atoms in total. The van der Waals surface area contributed by atoms with Crippen LogP contribution in [0, 0.1) is 0 Å². The third-order valence-corrected chi connectivity index (χ3v) is 5.84. The second kappa shape index (κ2) is 9.16. The maximum atomic E-state index is 12.3. The van der Waals surface area contributed by atoms with E-state index in [-0.39, 0.29) is 36.8 Å². The Morgan fingerprint density at radius 3 is 2.78 bits per heavy atom. The summed E-state index contributed by atoms with van der Waals surface area (Å²) in [7, 11) is 0. The van der Waals surface area contributed by atoms with Crippen LogP contribution in [0.1, 0.15) is 56.0 Å². The third kappa shape index (κ3) is 5.41. The molecule has 2 aliphatic rings. The highest BCUT2D eigenvalue weighted by Gasteiger charge is 2.25. The van der Waals surface area contributed by atoms with Crippen molar-refractivity contribution in [2.45, 2.75) is 64.5 Å². The van der Waals surface area contributed by atoms with E-state index < -0.39 is 0 Å². The maximum absolute atomic E-state index is 12.3. The molecule has 0 spiro atoms. The molecular formula is C18H26N4O4S. The van der Waals surface area contributed by atoms with Crippen LogP contribution < -0.4 is 10.6 Å². The van der Waals surface area contributed by atoms with E-state index in [2.05, 4.69) is 15.6 Å². The number of carbonyl (C=O) groups is 3. The number of fused-ring (bicyclic) bond motifs is 1. The number of hydrogen-bond donors (Lipinski definition) is 2. The van der Waals surface area contributed by atoms with Gasteiger partial charge in [0.25, 0.3) is 0 Å². The molecule has 1 fully saturated rings. The Bertz CT molecular complexity index is 700. The first-order valence-electron chi connectivity index (χ1n) is 9.54. The van der Waals surface area contributed by atoms with E-state index in [0.29, 0.717) is 31.2 Å². The van der Waals surface area contributed by atoms with Gasteiger partial charge in [0.15, 0.2) is 5.13 Å². The molecule has 3 rings (SSSR count). The zero-order valence-corrected chi connectivity index (χ0v) is 16.4. The summed E-state index contributed by atoms with van der Waals surface area (Å²) in [6.07, 6.45) is 5.31. The van der Waals surface area contributed by atoms with Crippen LogP contribution >= 0.6 is 11.3 Å². The zero-order chi connectivity index (χ0) is 19.2. The highest BCUT2D eigenvalue weighted by Crippen LogP contribution is 2.29. The molecule has 3 amide bonds. The molecule has 1 aliphatic heterocycles. The molecule has 0 bridgehead atoms. The van der Waals surface area contributed by atoms with E-state index in [1.54, 1.807) is 11.8 Å². The van der Waals surface area contributed by atoms with Crippen LogP contribution in [0.4, 0.5) is 9.93 Å². The van der Waals surface area contributed by atoms with E-state index in [1.807, 2.05) is 0 Å². The van der Waals surface area contributed by atoms with Gasteiger partial charge in [0, 0.05) is 30.3 Å². The summed E-state index contributed by atoms with van der Waals surface area (Å²) < 4.78 is 4.86. The van der Waals surface area contributed by atoms with E-state index in [1.165, 1.54) is 11.3 Å². The Morgan fingerprint density at radius 2 is 2.04 bits per heavy atom. The Morgan fingerprint density at radius 1 is 1.26 bits per heavy atom. The van der Waals surface area contributed by atoms with Crippen LogP contribution in [0.5, 0.6) is 0 Å². The summed E-state index contributed by atoms with van der Waals surface area (Å²) in [5.74, 6) is -0.406. The van der Waals surface area contributed by atoms with Crippen molar-refractivity contribution in [3.05, 3.63) is 10.6 Å². The smallest absolute Gasteiger partial charge is 0.321 e. The van der Waals surface area contributed by atoms with Gasteiger partial charge in [-0.1, -0.05) is 24.2 Å². The monoisotopic (exact) mass is 394 g/mol. The van der Waals surface area contributed by atoms with Crippen LogP contribution in [0.2, 0.25) is 0 Å². The molecule has 1 aromatic heterocycles. The Kier molecular flexibility index (Phi) is 6.65. The molecule has 1 aliphatic carbocycles. The van der Waals surface area contributed by atoms with Crippen molar-refractivity contribution in [2.75, 3.05) is 18.5 Å². The molecule has 1 saturated carbocycles. The standard InChI is InChI=1S/C18H26N4O4S/c1-2-26-16(24)8-7-15(23)22-10-9-13-14(11-22)27-18(20-13)21-17(25)19-12-5-3-4-6-12/h12H,2-11H2,1H3,(H2,19,20,21,25). The minimum atomic E-state index is -0.346. The van der Waals surface area contributed by atoms with Crippen molar-refractivity contribution in [3.63, 3.8) is 0 Å². The van der Waals surface area contributed by atoms with E-state index in [9.17, 15) is 14.4 Å². The number of nitrogens with one attached hydrogen (secondary N) is 2. The van der Waals surface area contributed by atoms with Crippen LogP contribution in [0.3, 0.4) is 0 Å². The second-order valence-corrected chi connectivity index (χ2v) is 7.92. The number of urea groups is 1. The lowest BCUT2D eigenvalue weighted by Gasteiger charge is -2.26. The maximum Gasteiger partial charge on any atom is 0.321 e. The Labute approximate surface area is 162 Å². The lowest BCUT2D eigenvalue weighted by molar-refractivity contribution is -0.145. The number of nitrogens with zero attached hydrogens (tertiary/aromatic N) is 2. The predicted octanol–water partition coefficient (Wildman–Crippen LogP) is 2.44. The minimum Gasteiger partial charge on any atom is -0.466 e. The lowest BCUT2D eigenvalue weighted by Crippen LogP contribution is -2.36. The fraction of sp³-hybridized carbons (Fsp3) is 0.667. The minimum absolute atomic E-state index is 0.0596. The highest BCUT2D eigenvalue weighted by atomic mass is 32.1. The van der Waals surface area contributed by atoms with E-state index >= 15 is 0 Å². The average molecular weight is 394 g/mol. The van der Waals surface area contributed by atoms with E-state index in [0.717, 1.165) is 36.3 Å². The highest BCUT2D eigenvalue weighted by molar-refractivity contribution is 7.15. The topological polar surface area (TPSA) is 101 Å². The van der Waals surface area contributed by atoms with Crippen molar-refractivity contribution in [1.82, 2.24) is 15.2 Å². The van der Waals surface area contributed by atoms with Crippen LogP contribution in [-0.2, 0) is 27.3 Å². The number of rotatable bonds is 6. The van der Waals surface area contributed by atoms with Gasteiger partial charge in [0.2, 0.25) is 5.91 Å². The van der Waals surface area contributed by atoms with Crippen molar-refractivity contribution < 1.29 is 19.1 Å². The number of aromatic nitrogens is 1. The number of hydrogen-bond acceptors (Lipinski definition) is 6. The summed E-state index contributed by atoms with van der Waals surface area (Å²) in [5.41, 5.74) is 0.936. The summed E-state index contributed by atoms with van der Waals surface area (Å²) in [4.78, 5) is 43.0. The van der Waals surface area contributed by atoms with Gasteiger partial charge >= 0.3 is 12.0 Å². The lowest BCUT2D eigenvalue weighted by atomic mass is 10.1. The fourth-order valence-corrected chi connectivity index (χ4v) is 4.47. The molecule has 148 valence electrons. The van der Waals surface area contributed by atoms with Gasteiger partial charge in [-0.05, 0) is 19.8 Å². The summed E-state index contributed by atoms with van der Waals surface area (Å²) in [5, 5.41) is 6.36. The van der Waals surface area contributed by atoms with Crippen molar-refractivity contribution >= 4 is 34.4 Å². The zero-order valence-electron chi connectivity index (χ0n) is 15.6. The first-order chi connectivity index (χ1) is 13.0. The van der Waals surface area contributed by atoms with Gasteiger partial charge in [0.05, 0.1) is 25.3 Å². The first kappa shape index (κ1) is 19.6. The van der Waals surface area contributed by atoms with Crippen molar-refractivity contribution in [2.24, 2.45) is 0 Å². The number of amides is 3. The molecule has 0 radical (unpaired) electrons. The Balaban J connectivity index is 1.50. The van der Waals surface area contributed by atoms with Crippen LogP contribution in [0.15, 0.2) is 0 Å². The molecule has 0 saturated heterocycles.